The Labute approximate surface area is 71.0 Å². The van der Waals surface area contributed by atoms with Gasteiger partial charge < -0.3 is 0 Å². The van der Waals surface area contributed by atoms with Crippen LogP contribution in [0.25, 0.3) is 0 Å². The third kappa shape index (κ3) is 11.1. The molecule has 0 heterocycles. The van der Waals surface area contributed by atoms with Gasteiger partial charge in [-0.25, -0.2) is 0 Å². The average Bonchev–Trinajstić information content (AvgIpc) is 2.04. The molecule has 0 amide bonds. The maximum absolute atomic E-state index is 4.39. The van der Waals surface area contributed by atoms with E-state index in [1.165, 1.54) is 25.7 Å². The lowest BCUT2D eigenvalue weighted by Gasteiger charge is -2.04. The largest absolute Gasteiger partial charge is 0.125 e. The van der Waals surface area contributed by atoms with E-state index in [-0.39, 0.29) is 0 Å². The number of unbranched alkanes of at least 4 members (excludes halogenated alkanes) is 1. The highest BCUT2D eigenvalue weighted by Gasteiger charge is 1.94. The van der Waals surface area contributed by atoms with Gasteiger partial charge in [-0.1, -0.05) is 46.5 Å². The molecule has 0 saturated carbocycles. The standard InChI is InChI=1S/C8H17.CH2Cl/c1-4-6-7-8(3)5-2;1-2/h8H,3-7H2,1-2H3;1H2. The second-order valence-corrected chi connectivity index (χ2v) is 2.42. The topological polar surface area (TPSA) is 0 Å². The van der Waals surface area contributed by atoms with Gasteiger partial charge in [-0.05, 0) is 5.92 Å². The molecule has 0 rings (SSSR count). The highest BCUT2D eigenvalue weighted by molar-refractivity contribution is 6.19. The van der Waals surface area contributed by atoms with Gasteiger partial charge in [0, 0.05) is 6.38 Å². The molecule has 1 heteroatoms. The fourth-order valence-electron chi connectivity index (χ4n) is 0.697. The first kappa shape index (κ1) is 12.9. The van der Waals surface area contributed by atoms with E-state index in [1.54, 1.807) is 0 Å². The number of rotatable bonds is 4. The quantitative estimate of drug-likeness (QED) is 0.585. The van der Waals surface area contributed by atoms with Gasteiger partial charge in [0.15, 0.2) is 0 Å². The smallest absolute Gasteiger partial charge is 0.0359 e. The van der Waals surface area contributed by atoms with Crippen LogP contribution in [0.5, 0.6) is 0 Å². The molecule has 1 unspecified atom stereocenters. The Kier molecular flexibility index (Phi) is 15.5. The molecule has 0 aromatic carbocycles. The Bertz CT molecular complexity index is 44.0. The maximum Gasteiger partial charge on any atom is 0.0359 e. The summed E-state index contributed by atoms with van der Waals surface area (Å²) >= 11 is 4.39. The minimum atomic E-state index is 0.704. The fraction of sp³-hybridized carbons (Fsp3) is 0.778. The first-order valence-corrected chi connectivity index (χ1v) is 4.44. The first-order valence-electron chi connectivity index (χ1n) is 3.91. The molecule has 0 spiro atoms. The molecule has 0 N–H and O–H groups in total. The zero-order valence-corrected chi connectivity index (χ0v) is 7.95. The summed E-state index contributed by atoms with van der Waals surface area (Å²) in [5, 5.41) is 0. The van der Waals surface area contributed by atoms with Crippen molar-refractivity contribution in [1.29, 1.82) is 0 Å². The van der Waals surface area contributed by atoms with E-state index in [2.05, 4.69) is 38.8 Å². The van der Waals surface area contributed by atoms with Gasteiger partial charge in [0.2, 0.25) is 0 Å². The summed E-state index contributed by atoms with van der Waals surface area (Å²) in [7, 11) is 0. The molecule has 0 aliphatic rings. The van der Waals surface area contributed by atoms with Gasteiger partial charge in [0.25, 0.3) is 0 Å². The molecule has 0 aliphatic heterocycles. The monoisotopic (exact) mass is 162 g/mol. The molecule has 1 atom stereocenters. The molecule has 0 saturated heterocycles. The lowest BCUT2D eigenvalue weighted by molar-refractivity contribution is 0.537. The second kappa shape index (κ2) is 12.0. The molecule has 0 aromatic heterocycles. The van der Waals surface area contributed by atoms with Crippen LogP contribution in [0.3, 0.4) is 0 Å². The van der Waals surface area contributed by atoms with Gasteiger partial charge in [0.05, 0.1) is 0 Å². The predicted octanol–water partition coefficient (Wildman–Crippen LogP) is 4.05. The average molecular weight is 163 g/mol. The molecule has 62 valence electrons. The highest BCUT2D eigenvalue weighted by atomic mass is 35.5. The Morgan fingerprint density at radius 2 is 1.80 bits per heavy atom. The lowest BCUT2D eigenvalue weighted by Crippen LogP contribution is -1.90. The van der Waals surface area contributed by atoms with Gasteiger partial charge in [-0.15, -0.1) is 11.6 Å². The van der Waals surface area contributed by atoms with E-state index < -0.39 is 0 Å². The van der Waals surface area contributed by atoms with E-state index in [9.17, 15) is 0 Å². The van der Waals surface area contributed by atoms with Crippen molar-refractivity contribution in [2.75, 3.05) is 0 Å². The third-order valence-corrected chi connectivity index (χ3v) is 1.54. The number of halogens is 1. The van der Waals surface area contributed by atoms with Crippen molar-refractivity contribution in [2.24, 2.45) is 5.92 Å². The normalized spacial score (nSPS) is 11.7. The van der Waals surface area contributed by atoms with Crippen LogP contribution in [-0.2, 0) is 0 Å². The summed E-state index contributed by atoms with van der Waals surface area (Å²) in [6, 6.07) is 0. The minimum Gasteiger partial charge on any atom is -0.125 e. The van der Waals surface area contributed by atoms with E-state index in [4.69, 9.17) is 0 Å². The number of hydrogen-bond acceptors (Lipinski definition) is 0. The summed E-state index contributed by atoms with van der Waals surface area (Å²) in [6.07, 6.45) is 7.93. The van der Waals surface area contributed by atoms with Crippen LogP contribution in [0.1, 0.15) is 39.5 Å². The minimum absolute atomic E-state index is 0.704. The summed E-state index contributed by atoms with van der Waals surface area (Å²) < 4.78 is 0. The van der Waals surface area contributed by atoms with E-state index in [1.807, 2.05) is 0 Å². The van der Waals surface area contributed by atoms with Crippen molar-refractivity contribution in [1.82, 2.24) is 0 Å². The van der Waals surface area contributed by atoms with Gasteiger partial charge in [-0.2, -0.15) is 0 Å². The van der Waals surface area contributed by atoms with Crippen LogP contribution < -0.4 is 0 Å². The lowest BCUT2D eigenvalue weighted by atomic mass is 10.0. The Balaban J connectivity index is 0. The highest BCUT2D eigenvalue weighted by Crippen LogP contribution is 2.09. The van der Waals surface area contributed by atoms with Gasteiger partial charge in [-0.3, -0.25) is 0 Å². The van der Waals surface area contributed by atoms with Crippen molar-refractivity contribution >= 4 is 11.6 Å². The molecule has 0 fully saturated rings. The predicted molar refractivity (Wildman–Crippen MR) is 49.9 cm³/mol. The van der Waals surface area contributed by atoms with Gasteiger partial charge in [0.1, 0.15) is 0 Å². The molecule has 0 bridgehead atoms. The molecule has 10 heavy (non-hydrogen) atoms. The van der Waals surface area contributed by atoms with Crippen molar-refractivity contribution in [3.8, 4) is 0 Å². The van der Waals surface area contributed by atoms with Crippen LogP contribution in [-0.4, -0.2) is 0 Å². The van der Waals surface area contributed by atoms with Crippen LogP contribution in [0.15, 0.2) is 0 Å². The zero-order chi connectivity index (χ0) is 8.41. The van der Waals surface area contributed by atoms with Gasteiger partial charge >= 0.3 is 0 Å². The molecule has 0 aliphatic carbocycles. The Hall–Kier alpha value is 0.290. The summed E-state index contributed by atoms with van der Waals surface area (Å²) in [5.74, 6) is 0.704. The molecule has 0 aromatic rings. The maximum atomic E-state index is 4.39. The van der Waals surface area contributed by atoms with Crippen LogP contribution in [0, 0.1) is 19.2 Å². The number of hydrogen-bond donors (Lipinski definition) is 0. The molecule has 0 nitrogen and oxygen atoms in total. The first-order chi connectivity index (χ1) is 4.81. The summed E-state index contributed by atoms with van der Waals surface area (Å²) in [6.45, 7) is 8.42. The third-order valence-electron chi connectivity index (χ3n) is 1.54. The van der Waals surface area contributed by atoms with Crippen LogP contribution in [0.4, 0.5) is 0 Å². The Morgan fingerprint density at radius 1 is 1.30 bits per heavy atom. The zero-order valence-electron chi connectivity index (χ0n) is 7.20. The van der Waals surface area contributed by atoms with Crippen molar-refractivity contribution < 1.29 is 0 Å². The van der Waals surface area contributed by atoms with E-state index in [0.29, 0.717) is 5.92 Å². The summed E-state index contributed by atoms with van der Waals surface area (Å²) in [4.78, 5) is 0. The van der Waals surface area contributed by atoms with Crippen LogP contribution >= 0.6 is 11.6 Å². The fourth-order valence-corrected chi connectivity index (χ4v) is 0.697. The van der Waals surface area contributed by atoms with Crippen molar-refractivity contribution in [2.45, 2.75) is 39.5 Å². The summed E-state index contributed by atoms with van der Waals surface area (Å²) in [5.41, 5.74) is 0. The SMILES string of the molecule is [CH2]C(CC)CCCC.[CH2]Cl. The van der Waals surface area contributed by atoms with E-state index >= 15 is 0 Å². The second-order valence-electron chi connectivity index (χ2n) is 2.42. The molecular formula is C9H19Cl. The van der Waals surface area contributed by atoms with Crippen LogP contribution in [0.2, 0.25) is 0 Å². The Morgan fingerprint density at radius 3 is 2.10 bits per heavy atom. The van der Waals surface area contributed by atoms with E-state index in [0.717, 1.165) is 0 Å². The molecule has 2 radical (unpaired) electrons. The molecular weight excluding hydrogens is 144 g/mol. The van der Waals surface area contributed by atoms with Crippen molar-refractivity contribution in [3.05, 3.63) is 13.3 Å². The van der Waals surface area contributed by atoms with Crippen molar-refractivity contribution in [3.63, 3.8) is 0 Å².